The summed E-state index contributed by atoms with van der Waals surface area (Å²) in [6, 6.07) is 0. The zero-order valence-corrected chi connectivity index (χ0v) is 8.02. The number of alkyl carbamates (subject to hydrolysis) is 1. The highest BCUT2D eigenvalue weighted by Crippen LogP contribution is 2.05. The van der Waals surface area contributed by atoms with Gasteiger partial charge in [0, 0.05) is 12.1 Å². The van der Waals surface area contributed by atoms with E-state index in [0.29, 0.717) is 6.54 Å². The molecule has 1 amide bonds. The maximum absolute atomic E-state index is 10.6. The molecule has 0 aromatic heterocycles. The number of nitrogens with one attached hydrogen (secondary N) is 1. The first-order valence-electron chi connectivity index (χ1n) is 4.06. The Morgan fingerprint density at radius 3 is 2.58 bits per heavy atom. The van der Waals surface area contributed by atoms with Crippen LogP contribution in [0.1, 0.15) is 26.7 Å². The molecule has 0 aliphatic heterocycles. The van der Waals surface area contributed by atoms with E-state index in [2.05, 4.69) is 10.1 Å². The van der Waals surface area contributed by atoms with Crippen LogP contribution in [-0.4, -0.2) is 25.3 Å². The number of hydrogen-bond acceptors (Lipinski definition) is 3. The second-order valence-corrected chi connectivity index (χ2v) is 3.51. The second kappa shape index (κ2) is 4.98. The van der Waals surface area contributed by atoms with Crippen LogP contribution in [0.15, 0.2) is 0 Å². The van der Waals surface area contributed by atoms with Crippen molar-refractivity contribution in [3.8, 4) is 0 Å². The fraction of sp³-hybridized carbons (Fsp3) is 0.875. The molecule has 0 saturated carbocycles. The van der Waals surface area contributed by atoms with Gasteiger partial charge in [-0.15, -0.1) is 0 Å². The summed E-state index contributed by atoms with van der Waals surface area (Å²) in [4.78, 5) is 10.6. The average Bonchev–Trinajstić information content (AvgIpc) is 1.96. The molecule has 3 N–H and O–H groups in total. The first-order valence-corrected chi connectivity index (χ1v) is 4.06. The molecule has 0 radical (unpaired) electrons. The molecule has 0 aliphatic rings. The number of carbonyl (C=O) groups excluding carboxylic acids is 1. The van der Waals surface area contributed by atoms with Crippen molar-refractivity contribution in [2.75, 3.05) is 13.7 Å². The van der Waals surface area contributed by atoms with E-state index in [1.807, 2.05) is 13.8 Å². The molecular weight excluding hydrogens is 156 g/mol. The lowest BCUT2D eigenvalue weighted by Gasteiger charge is -2.17. The molecule has 4 nitrogen and oxygen atoms in total. The van der Waals surface area contributed by atoms with Gasteiger partial charge in [0.25, 0.3) is 0 Å². The first-order chi connectivity index (χ1) is 5.45. The lowest BCUT2D eigenvalue weighted by Crippen LogP contribution is -2.33. The molecule has 0 aromatic rings. The van der Waals surface area contributed by atoms with Crippen molar-refractivity contribution in [3.05, 3.63) is 0 Å². The minimum atomic E-state index is -0.384. The summed E-state index contributed by atoms with van der Waals surface area (Å²) in [5, 5.41) is 2.59. The molecule has 72 valence electrons. The van der Waals surface area contributed by atoms with Crippen LogP contribution < -0.4 is 11.1 Å². The van der Waals surface area contributed by atoms with Gasteiger partial charge in [-0.1, -0.05) is 0 Å². The molecule has 0 saturated heterocycles. The molecule has 0 fully saturated rings. The Bertz CT molecular complexity index is 140. The van der Waals surface area contributed by atoms with Crippen LogP contribution in [0.5, 0.6) is 0 Å². The molecule has 0 aliphatic carbocycles. The summed E-state index contributed by atoms with van der Waals surface area (Å²) in [7, 11) is 1.35. The van der Waals surface area contributed by atoms with Crippen LogP contribution in [0.2, 0.25) is 0 Å². The van der Waals surface area contributed by atoms with Gasteiger partial charge in [-0.2, -0.15) is 0 Å². The lowest BCUT2D eigenvalue weighted by atomic mass is 10.0. The Kier molecular flexibility index (Phi) is 4.66. The van der Waals surface area contributed by atoms with Gasteiger partial charge in [0.2, 0.25) is 0 Å². The van der Waals surface area contributed by atoms with Crippen molar-refractivity contribution in [1.29, 1.82) is 0 Å². The third-order valence-corrected chi connectivity index (χ3v) is 1.45. The molecule has 0 aromatic carbocycles. The van der Waals surface area contributed by atoms with Crippen molar-refractivity contribution in [2.24, 2.45) is 5.73 Å². The first kappa shape index (κ1) is 11.2. The highest BCUT2D eigenvalue weighted by molar-refractivity contribution is 5.66. The third kappa shape index (κ3) is 7.34. The van der Waals surface area contributed by atoms with Gasteiger partial charge in [-0.25, -0.2) is 4.79 Å². The van der Waals surface area contributed by atoms with Crippen LogP contribution in [0, 0.1) is 0 Å². The Balaban J connectivity index is 3.28. The Morgan fingerprint density at radius 2 is 2.17 bits per heavy atom. The number of rotatable bonds is 4. The molecule has 0 atom stereocenters. The zero-order valence-electron chi connectivity index (χ0n) is 8.02. The average molecular weight is 174 g/mol. The summed E-state index contributed by atoms with van der Waals surface area (Å²) in [5.74, 6) is 0. The van der Waals surface area contributed by atoms with Crippen molar-refractivity contribution < 1.29 is 9.53 Å². The molecule has 4 heteroatoms. The van der Waals surface area contributed by atoms with E-state index in [9.17, 15) is 4.79 Å². The smallest absolute Gasteiger partial charge is 0.406 e. The maximum atomic E-state index is 10.6. The van der Waals surface area contributed by atoms with Gasteiger partial charge in [-0.3, -0.25) is 0 Å². The molecule has 0 heterocycles. The van der Waals surface area contributed by atoms with Crippen LogP contribution in [0.4, 0.5) is 4.79 Å². The number of hydrogen-bond donors (Lipinski definition) is 2. The van der Waals surface area contributed by atoms with Crippen molar-refractivity contribution in [2.45, 2.75) is 32.2 Å². The predicted octanol–water partition coefficient (Wildman–Crippen LogP) is 0.860. The van der Waals surface area contributed by atoms with Gasteiger partial charge in [0.1, 0.15) is 0 Å². The van der Waals surface area contributed by atoms with Gasteiger partial charge in [0.15, 0.2) is 0 Å². The normalized spacial score (nSPS) is 11.0. The Morgan fingerprint density at radius 1 is 1.58 bits per heavy atom. The highest BCUT2D eigenvalue weighted by atomic mass is 16.5. The third-order valence-electron chi connectivity index (χ3n) is 1.45. The quantitative estimate of drug-likeness (QED) is 0.621. The number of carbonyl (C=O) groups is 1. The number of methoxy groups -OCH3 is 1. The van der Waals surface area contributed by atoms with Crippen molar-refractivity contribution in [3.63, 3.8) is 0 Å². The van der Waals surface area contributed by atoms with Crippen molar-refractivity contribution >= 4 is 6.09 Å². The van der Waals surface area contributed by atoms with Crippen LogP contribution in [0.3, 0.4) is 0 Å². The molecule has 0 unspecified atom stereocenters. The number of nitrogens with two attached hydrogens (primary N) is 1. The largest absolute Gasteiger partial charge is 0.453 e. The minimum Gasteiger partial charge on any atom is -0.453 e. The zero-order chi connectivity index (χ0) is 9.61. The van der Waals surface area contributed by atoms with E-state index in [-0.39, 0.29) is 11.6 Å². The summed E-state index contributed by atoms with van der Waals surface area (Å²) in [6.45, 7) is 4.55. The van der Waals surface area contributed by atoms with Crippen LogP contribution in [-0.2, 0) is 4.74 Å². The van der Waals surface area contributed by atoms with E-state index in [1.54, 1.807) is 0 Å². The SMILES string of the molecule is COC(=O)NCCCC(C)(C)N. The van der Waals surface area contributed by atoms with E-state index >= 15 is 0 Å². The van der Waals surface area contributed by atoms with E-state index < -0.39 is 0 Å². The van der Waals surface area contributed by atoms with Crippen molar-refractivity contribution in [1.82, 2.24) is 5.32 Å². The Hall–Kier alpha value is -0.770. The summed E-state index contributed by atoms with van der Waals surface area (Å²) in [5.41, 5.74) is 5.59. The van der Waals surface area contributed by atoms with Gasteiger partial charge in [0.05, 0.1) is 7.11 Å². The van der Waals surface area contributed by atoms with Crippen LogP contribution in [0.25, 0.3) is 0 Å². The predicted molar refractivity (Wildman–Crippen MR) is 47.9 cm³/mol. The molecule has 0 spiro atoms. The highest BCUT2D eigenvalue weighted by Gasteiger charge is 2.09. The van der Waals surface area contributed by atoms with E-state index in [4.69, 9.17) is 5.73 Å². The second-order valence-electron chi connectivity index (χ2n) is 3.51. The maximum Gasteiger partial charge on any atom is 0.406 e. The topological polar surface area (TPSA) is 64.3 Å². The molecule has 0 rings (SSSR count). The molecule has 0 bridgehead atoms. The standard InChI is InChI=1S/C8H18N2O2/c1-8(2,9)5-4-6-10-7(11)12-3/h4-6,9H2,1-3H3,(H,10,11). The Labute approximate surface area is 73.5 Å². The summed E-state index contributed by atoms with van der Waals surface area (Å²) in [6.07, 6.45) is 1.38. The number of ether oxygens (including phenoxy) is 1. The monoisotopic (exact) mass is 174 g/mol. The van der Waals surface area contributed by atoms with Gasteiger partial charge < -0.3 is 15.8 Å². The summed E-state index contributed by atoms with van der Waals surface area (Å²) < 4.78 is 4.40. The van der Waals surface area contributed by atoms with Crippen LogP contribution >= 0.6 is 0 Å². The summed E-state index contributed by atoms with van der Waals surface area (Å²) >= 11 is 0. The number of amides is 1. The lowest BCUT2D eigenvalue weighted by molar-refractivity contribution is 0.170. The minimum absolute atomic E-state index is 0.155. The fourth-order valence-electron chi connectivity index (χ4n) is 0.807. The van der Waals surface area contributed by atoms with Gasteiger partial charge >= 0.3 is 6.09 Å². The van der Waals surface area contributed by atoms with E-state index in [0.717, 1.165) is 12.8 Å². The van der Waals surface area contributed by atoms with E-state index in [1.165, 1.54) is 7.11 Å². The molecular formula is C8H18N2O2. The fourth-order valence-corrected chi connectivity index (χ4v) is 0.807. The molecule has 12 heavy (non-hydrogen) atoms. The van der Waals surface area contributed by atoms with Gasteiger partial charge in [-0.05, 0) is 26.7 Å².